The number of fused-ring (bicyclic) bond motifs is 1. The van der Waals surface area contributed by atoms with Gasteiger partial charge in [0.2, 0.25) is 10.0 Å². The zero-order chi connectivity index (χ0) is 15.0. The molecule has 0 bridgehead atoms. The van der Waals surface area contributed by atoms with Gasteiger partial charge in [0.1, 0.15) is 5.75 Å². The summed E-state index contributed by atoms with van der Waals surface area (Å²) in [5.74, 6) is 1.07. The van der Waals surface area contributed by atoms with Crippen molar-refractivity contribution in [2.75, 3.05) is 26.7 Å². The molecule has 5 nitrogen and oxygen atoms in total. The van der Waals surface area contributed by atoms with Crippen molar-refractivity contribution >= 4 is 26.0 Å². The molecule has 21 heavy (non-hydrogen) atoms. The molecule has 2 fully saturated rings. The number of nitrogens with zero attached hydrogens (tertiary/aromatic N) is 1. The number of piperidine rings is 1. The number of halogens is 1. The molecule has 2 atom stereocenters. The van der Waals surface area contributed by atoms with Crippen LogP contribution in [0, 0.1) is 5.92 Å². The molecular weight excluding hydrogens is 356 g/mol. The summed E-state index contributed by atoms with van der Waals surface area (Å²) in [5, 5.41) is 3.31. The van der Waals surface area contributed by atoms with Crippen molar-refractivity contribution in [2.45, 2.75) is 23.8 Å². The Kier molecular flexibility index (Phi) is 4.27. The van der Waals surface area contributed by atoms with Crippen LogP contribution in [0.25, 0.3) is 0 Å². The van der Waals surface area contributed by atoms with Crippen LogP contribution in [0.15, 0.2) is 27.6 Å². The third-order valence-electron chi connectivity index (χ3n) is 4.36. The number of sulfonamides is 1. The number of methoxy groups -OCH3 is 1. The smallest absolute Gasteiger partial charge is 0.243 e. The summed E-state index contributed by atoms with van der Waals surface area (Å²) in [5.41, 5.74) is 0. The first-order valence-corrected chi connectivity index (χ1v) is 9.33. The first kappa shape index (κ1) is 15.3. The molecule has 2 heterocycles. The molecule has 0 aromatic heterocycles. The number of hydrogen-bond acceptors (Lipinski definition) is 4. The van der Waals surface area contributed by atoms with Crippen LogP contribution in [0.5, 0.6) is 5.75 Å². The van der Waals surface area contributed by atoms with Crippen LogP contribution in [0.3, 0.4) is 0 Å². The molecule has 1 aromatic carbocycles. The van der Waals surface area contributed by atoms with Crippen LogP contribution in [0.4, 0.5) is 0 Å². The minimum Gasteiger partial charge on any atom is -0.496 e. The van der Waals surface area contributed by atoms with Crippen molar-refractivity contribution in [3.05, 3.63) is 22.7 Å². The van der Waals surface area contributed by atoms with Crippen LogP contribution in [-0.4, -0.2) is 45.5 Å². The average molecular weight is 375 g/mol. The van der Waals surface area contributed by atoms with Gasteiger partial charge in [-0.1, -0.05) is 0 Å². The lowest BCUT2D eigenvalue weighted by atomic mass is 9.94. The summed E-state index contributed by atoms with van der Waals surface area (Å²) >= 11 is 3.36. The Morgan fingerprint density at radius 2 is 2.19 bits per heavy atom. The molecule has 0 spiro atoms. The maximum atomic E-state index is 12.9. The topological polar surface area (TPSA) is 58.6 Å². The van der Waals surface area contributed by atoms with Crippen LogP contribution in [-0.2, 0) is 10.0 Å². The normalized spacial score (nSPS) is 26.6. The van der Waals surface area contributed by atoms with E-state index in [-0.39, 0.29) is 6.04 Å². The predicted octanol–water partition coefficient (Wildman–Crippen LogP) is 1.83. The standard InChI is InChI=1S/C14H19BrN2O3S/c1-20-14-5-4-11(7-12(14)15)21(18,19)17-6-2-3-10-8-16-9-13(10)17/h4-5,7,10,13,16H,2-3,6,8-9H2,1H3. The van der Waals surface area contributed by atoms with Gasteiger partial charge in [-0.05, 0) is 59.4 Å². The second-order valence-corrected chi connectivity index (χ2v) is 8.28. The van der Waals surface area contributed by atoms with Crippen LogP contribution < -0.4 is 10.1 Å². The lowest BCUT2D eigenvalue weighted by Crippen LogP contribution is -2.48. The van der Waals surface area contributed by atoms with Crippen molar-refractivity contribution in [3.8, 4) is 5.75 Å². The van der Waals surface area contributed by atoms with Crippen molar-refractivity contribution < 1.29 is 13.2 Å². The molecule has 1 aromatic rings. The molecule has 0 saturated carbocycles. The van der Waals surface area contributed by atoms with Gasteiger partial charge in [0.05, 0.1) is 16.5 Å². The Bertz CT molecular complexity index is 635. The van der Waals surface area contributed by atoms with E-state index in [9.17, 15) is 8.42 Å². The molecule has 1 N–H and O–H groups in total. The number of rotatable bonds is 3. The molecule has 3 rings (SSSR count). The fraction of sp³-hybridized carbons (Fsp3) is 0.571. The van der Waals surface area contributed by atoms with E-state index in [0.717, 1.165) is 25.9 Å². The third kappa shape index (κ3) is 2.72. The highest BCUT2D eigenvalue weighted by atomic mass is 79.9. The fourth-order valence-electron chi connectivity index (χ4n) is 3.27. The van der Waals surface area contributed by atoms with Gasteiger partial charge in [0.15, 0.2) is 0 Å². The van der Waals surface area contributed by atoms with Gasteiger partial charge in [-0.15, -0.1) is 0 Å². The predicted molar refractivity (Wildman–Crippen MR) is 84.0 cm³/mol. The highest BCUT2D eigenvalue weighted by Crippen LogP contribution is 2.33. The van der Waals surface area contributed by atoms with E-state index in [1.165, 1.54) is 0 Å². The maximum absolute atomic E-state index is 12.9. The molecule has 0 amide bonds. The van der Waals surface area contributed by atoms with Crippen molar-refractivity contribution in [3.63, 3.8) is 0 Å². The van der Waals surface area contributed by atoms with Crippen LogP contribution in [0.2, 0.25) is 0 Å². The zero-order valence-electron chi connectivity index (χ0n) is 11.9. The molecule has 0 radical (unpaired) electrons. The lowest BCUT2D eigenvalue weighted by molar-refractivity contribution is 0.217. The Morgan fingerprint density at radius 3 is 2.90 bits per heavy atom. The van der Waals surface area contributed by atoms with Gasteiger partial charge >= 0.3 is 0 Å². The van der Waals surface area contributed by atoms with E-state index in [4.69, 9.17) is 4.74 Å². The Hall–Kier alpha value is -0.630. The molecule has 2 aliphatic heterocycles. The molecule has 2 unspecified atom stereocenters. The largest absolute Gasteiger partial charge is 0.496 e. The summed E-state index contributed by atoms with van der Waals surface area (Å²) in [7, 11) is -1.89. The van der Waals surface area contributed by atoms with E-state index in [1.54, 1.807) is 29.6 Å². The van der Waals surface area contributed by atoms with E-state index >= 15 is 0 Å². The quantitative estimate of drug-likeness (QED) is 0.876. The zero-order valence-corrected chi connectivity index (χ0v) is 14.3. The van der Waals surface area contributed by atoms with Gasteiger partial charge in [0, 0.05) is 19.1 Å². The number of benzene rings is 1. The van der Waals surface area contributed by atoms with Gasteiger partial charge in [0.25, 0.3) is 0 Å². The summed E-state index contributed by atoms with van der Waals surface area (Å²) in [6.07, 6.45) is 2.04. The minimum atomic E-state index is -3.46. The van der Waals surface area contributed by atoms with Gasteiger partial charge in [-0.3, -0.25) is 0 Å². The third-order valence-corrected chi connectivity index (χ3v) is 6.90. The SMILES string of the molecule is COc1ccc(S(=O)(=O)N2CCCC3CNCC32)cc1Br. The highest BCUT2D eigenvalue weighted by Gasteiger charge is 2.41. The first-order chi connectivity index (χ1) is 10.0. The first-order valence-electron chi connectivity index (χ1n) is 7.10. The van der Waals surface area contributed by atoms with E-state index in [1.807, 2.05) is 0 Å². The van der Waals surface area contributed by atoms with Crippen molar-refractivity contribution in [2.24, 2.45) is 5.92 Å². The van der Waals surface area contributed by atoms with Gasteiger partial charge in [-0.2, -0.15) is 4.31 Å². The second-order valence-electron chi connectivity index (χ2n) is 5.54. The monoisotopic (exact) mass is 374 g/mol. The molecule has 116 valence electrons. The summed E-state index contributed by atoms with van der Waals surface area (Å²) in [6.45, 7) is 2.28. The van der Waals surface area contributed by atoms with Gasteiger partial charge < -0.3 is 10.1 Å². The Balaban J connectivity index is 1.94. The van der Waals surface area contributed by atoms with Crippen molar-refractivity contribution in [1.29, 1.82) is 0 Å². The number of nitrogens with one attached hydrogen (secondary N) is 1. The molecular formula is C14H19BrN2O3S. The van der Waals surface area contributed by atoms with Crippen molar-refractivity contribution in [1.82, 2.24) is 9.62 Å². The van der Waals surface area contributed by atoms with Crippen LogP contribution in [0.1, 0.15) is 12.8 Å². The van der Waals surface area contributed by atoms with E-state index < -0.39 is 10.0 Å². The van der Waals surface area contributed by atoms with E-state index in [0.29, 0.717) is 27.6 Å². The summed E-state index contributed by atoms with van der Waals surface area (Å²) in [4.78, 5) is 0.322. The summed E-state index contributed by atoms with van der Waals surface area (Å²) < 4.78 is 33.3. The Morgan fingerprint density at radius 1 is 1.38 bits per heavy atom. The second kappa shape index (κ2) is 5.87. The average Bonchev–Trinajstić information content (AvgIpc) is 2.95. The fourth-order valence-corrected chi connectivity index (χ4v) is 5.71. The lowest BCUT2D eigenvalue weighted by Gasteiger charge is -2.35. The van der Waals surface area contributed by atoms with E-state index in [2.05, 4.69) is 21.2 Å². The molecule has 0 aliphatic carbocycles. The Labute approximate surface area is 133 Å². The molecule has 2 saturated heterocycles. The minimum absolute atomic E-state index is 0.0876. The number of ether oxygens (including phenoxy) is 1. The highest BCUT2D eigenvalue weighted by molar-refractivity contribution is 9.10. The molecule has 2 aliphatic rings. The summed E-state index contributed by atoms with van der Waals surface area (Å²) in [6, 6.07) is 5.01. The maximum Gasteiger partial charge on any atom is 0.243 e. The van der Waals surface area contributed by atoms with Crippen LogP contribution >= 0.6 is 15.9 Å². The number of hydrogen-bond donors (Lipinski definition) is 1. The van der Waals surface area contributed by atoms with Gasteiger partial charge in [-0.25, -0.2) is 8.42 Å². The molecule has 7 heteroatoms.